The zero-order valence-corrected chi connectivity index (χ0v) is 12.6. The Morgan fingerprint density at radius 1 is 1.35 bits per heavy atom. The summed E-state index contributed by atoms with van der Waals surface area (Å²) in [5.41, 5.74) is 0. The van der Waals surface area contributed by atoms with Crippen LogP contribution in [0.4, 0.5) is 4.39 Å². The molecule has 0 bridgehead atoms. The monoisotopic (exact) mass is 281 g/mol. The van der Waals surface area contributed by atoms with Gasteiger partial charge < -0.3 is 15.4 Å². The average molecular weight is 281 g/mol. The molecule has 5 heteroatoms. The van der Waals surface area contributed by atoms with Gasteiger partial charge in [0.2, 0.25) is 0 Å². The summed E-state index contributed by atoms with van der Waals surface area (Å²) in [5, 5.41) is 6.46. The Morgan fingerprint density at radius 3 is 2.70 bits per heavy atom. The van der Waals surface area contributed by atoms with E-state index in [1.165, 1.54) is 12.1 Å². The van der Waals surface area contributed by atoms with Crippen LogP contribution in [0.25, 0.3) is 0 Å². The molecule has 0 aliphatic rings. The van der Waals surface area contributed by atoms with Gasteiger partial charge in [-0.1, -0.05) is 19.9 Å². The van der Waals surface area contributed by atoms with E-state index in [-0.39, 0.29) is 5.82 Å². The van der Waals surface area contributed by atoms with Crippen LogP contribution in [-0.2, 0) is 0 Å². The first-order valence-corrected chi connectivity index (χ1v) is 6.88. The maximum absolute atomic E-state index is 13.0. The van der Waals surface area contributed by atoms with Crippen LogP contribution in [0, 0.1) is 11.7 Å². The first-order chi connectivity index (χ1) is 9.52. The minimum Gasteiger partial charge on any atom is -0.492 e. The van der Waals surface area contributed by atoms with Gasteiger partial charge in [0.15, 0.2) is 5.96 Å². The molecule has 1 unspecified atom stereocenters. The number of hydrogen-bond acceptors (Lipinski definition) is 2. The zero-order chi connectivity index (χ0) is 15.0. The van der Waals surface area contributed by atoms with E-state index in [2.05, 4.69) is 36.4 Å². The van der Waals surface area contributed by atoms with E-state index >= 15 is 0 Å². The summed E-state index contributed by atoms with van der Waals surface area (Å²) in [4.78, 5) is 4.15. The number of nitrogens with zero attached hydrogens (tertiary/aromatic N) is 1. The molecule has 0 radical (unpaired) electrons. The lowest BCUT2D eigenvalue weighted by molar-refractivity contribution is 0.319. The smallest absolute Gasteiger partial charge is 0.191 e. The van der Waals surface area contributed by atoms with Gasteiger partial charge in [-0.3, -0.25) is 4.99 Å². The van der Waals surface area contributed by atoms with Gasteiger partial charge in [0, 0.05) is 19.2 Å². The molecular formula is C15H24FN3O. The molecular weight excluding hydrogens is 257 g/mol. The number of aliphatic imine (C=N–C) groups is 1. The van der Waals surface area contributed by atoms with E-state index in [0.717, 1.165) is 5.96 Å². The van der Waals surface area contributed by atoms with Crippen molar-refractivity contribution >= 4 is 5.96 Å². The zero-order valence-electron chi connectivity index (χ0n) is 12.6. The van der Waals surface area contributed by atoms with Gasteiger partial charge in [-0.25, -0.2) is 4.39 Å². The molecule has 0 saturated carbocycles. The molecule has 1 aromatic carbocycles. The molecule has 1 aromatic rings. The van der Waals surface area contributed by atoms with Crippen molar-refractivity contribution in [3.05, 3.63) is 30.1 Å². The summed E-state index contributed by atoms with van der Waals surface area (Å²) in [5.74, 6) is 1.51. The van der Waals surface area contributed by atoms with Gasteiger partial charge in [-0.2, -0.15) is 0 Å². The minimum atomic E-state index is -0.293. The fraction of sp³-hybridized carbons (Fsp3) is 0.533. The van der Waals surface area contributed by atoms with Gasteiger partial charge in [-0.15, -0.1) is 0 Å². The summed E-state index contributed by atoms with van der Waals surface area (Å²) < 4.78 is 18.4. The molecule has 112 valence electrons. The maximum Gasteiger partial charge on any atom is 0.191 e. The largest absolute Gasteiger partial charge is 0.492 e. The predicted molar refractivity (Wildman–Crippen MR) is 80.7 cm³/mol. The highest BCUT2D eigenvalue weighted by molar-refractivity contribution is 5.79. The molecule has 2 N–H and O–H groups in total. The summed E-state index contributed by atoms with van der Waals surface area (Å²) >= 11 is 0. The van der Waals surface area contributed by atoms with Gasteiger partial charge in [0.25, 0.3) is 0 Å². The number of benzene rings is 1. The Bertz CT molecular complexity index is 435. The molecule has 0 aromatic heterocycles. The highest BCUT2D eigenvalue weighted by Crippen LogP contribution is 2.11. The first-order valence-electron chi connectivity index (χ1n) is 6.88. The van der Waals surface area contributed by atoms with Gasteiger partial charge >= 0.3 is 0 Å². The van der Waals surface area contributed by atoms with Crippen LogP contribution in [0.2, 0.25) is 0 Å². The molecule has 0 saturated heterocycles. The molecule has 0 heterocycles. The van der Waals surface area contributed by atoms with Crippen LogP contribution in [0.5, 0.6) is 5.75 Å². The SMILES string of the molecule is CN=C(NCCOc1cccc(F)c1)NC(C)C(C)C. The van der Waals surface area contributed by atoms with Crippen molar-refractivity contribution in [3.8, 4) is 5.75 Å². The number of guanidine groups is 1. The summed E-state index contributed by atoms with van der Waals surface area (Å²) in [6.07, 6.45) is 0. The van der Waals surface area contributed by atoms with Crippen LogP contribution in [0.15, 0.2) is 29.3 Å². The molecule has 0 aliphatic carbocycles. The third-order valence-corrected chi connectivity index (χ3v) is 3.05. The third-order valence-electron chi connectivity index (χ3n) is 3.05. The highest BCUT2D eigenvalue weighted by atomic mass is 19.1. The van der Waals surface area contributed by atoms with Crippen molar-refractivity contribution in [2.24, 2.45) is 10.9 Å². The average Bonchev–Trinajstić information content (AvgIpc) is 2.41. The first kappa shape index (κ1) is 16.3. The van der Waals surface area contributed by atoms with E-state index in [1.807, 2.05) is 0 Å². The van der Waals surface area contributed by atoms with E-state index < -0.39 is 0 Å². The second-order valence-electron chi connectivity index (χ2n) is 4.98. The van der Waals surface area contributed by atoms with Crippen molar-refractivity contribution in [3.63, 3.8) is 0 Å². The fourth-order valence-electron chi connectivity index (χ4n) is 1.47. The normalized spacial score (nSPS) is 13.2. The second kappa shape index (κ2) is 8.40. The lowest BCUT2D eigenvalue weighted by atomic mass is 10.1. The molecule has 4 nitrogen and oxygen atoms in total. The predicted octanol–water partition coefficient (Wildman–Crippen LogP) is 2.41. The minimum absolute atomic E-state index is 0.293. The van der Waals surface area contributed by atoms with Crippen LogP contribution in [-0.4, -0.2) is 32.2 Å². The van der Waals surface area contributed by atoms with E-state index in [1.54, 1.807) is 19.2 Å². The Labute approximate surface area is 120 Å². The molecule has 0 spiro atoms. The Balaban J connectivity index is 2.29. The molecule has 1 atom stereocenters. The standard InChI is InChI=1S/C15H24FN3O/c1-11(2)12(3)19-15(17-4)18-8-9-20-14-7-5-6-13(16)10-14/h5-7,10-12H,8-9H2,1-4H3,(H2,17,18,19). The molecule has 0 amide bonds. The van der Waals surface area contributed by atoms with Crippen molar-refractivity contribution in [2.75, 3.05) is 20.2 Å². The fourth-order valence-corrected chi connectivity index (χ4v) is 1.47. The third kappa shape index (κ3) is 5.91. The number of nitrogens with one attached hydrogen (secondary N) is 2. The summed E-state index contributed by atoms with van der Waals surface area (Å²) in [7, 11) is 1.73. The number of ether oxygens (including phenoxy) is 1. The number of halogens is 1. The van der Waals surface area contributed by atoms with Crippen LogP contribution in [0.3, 0.4) is 0 Å². The van der Waals surface area contributed by atoms with Gasteiger partial charge in [0.1, 0.15) is 18.2 Å². The van der Waals surface area contributed by atoms with Crippen LogP contribution in [0.1, 0.15) is 20.8 Å². The van der Waals surface area contributed by atoms with Crippen molar-refractivity contribution in [1.82, 2.24) is 10.6 Å². The van der Waals surface area contributed by atoms with Crippen LogP contribution >= 0.6 is 0 Å². The quantitative estimate of drug-likeness (QED) is 0.478. The van der Waals surface area contributed by atoms with Gasteiger partial charge in [-0.05, 0) is 25.0 Å². The summed E-state index contributed by atoms with van der Waals surface area (Å²) in [6.45, 7) is 7.46. The van der Waals surface area contributed by atoms with E-state index in [0.29, 0.717) is 30.9 Å². The Kier molecular flexibility index (Phi) is 6.84. The lowest BCUT2D eigenvalue weighted by Crippen LogP contribution is -2.45. The molecule has 0 fully saturated rings. The van der Waals surface area contributed by atoms with Crippen molar-refractivity contribution < 1.29 is 9.13 Å². The highest BCUT2D eigenvalue weighted by Gasteiger charge is 2.08. The second-order valence-corrected chi connectivity index (χ2v) is 4.98. The molecule has 0 aliphatic heterocycles. The van der Waals surface area contributed by atoms with Crippen LogP contribution < -0.4 is 15.4 Å². The Morgan fingerprint density at radius 2 is 2.10 bits per heavy atom. The van der Waals surface area contributed by atoms with E-state index in [9.17, 15) is 4.39 Å². The van der Waals surface area contributed by atoms with E-state index in [4.69, 9.17) is 4.74 Å². The topological polar surface area (TPSA) is 45.7 Å². The number of rotatable bonds is 6. The van der Waals surface area contributed by atoms with Crippen molar-refractivity contribution in [1.29, 1.82) is 0 Å². The molecule has 1 rings (SSSR count). The van der Waals surface area contributed by atoms with Crippen molar-refractivity contribution in [2.45, 2.75) is 26.8 Å². The maximum atomic E-state index is 13.0. The molecule has 20 heavy (non-hydrogen) atoms. The number of hydrogen-bond donors (Lipinski definition) is 2. The van der Waals surface area contributed by atoms with Gasteiger partial charge in [0.05, 0.1) is 6.54 Å². The Hall–Kier alpha value is -1.78. The lowest BCUT2D eigenvalue weighted by Gasteiger charge is -2.20. The summed E-state index contributed by atoms with van der Waals surface area (Å²) in [6, 6.07) is 6.46.